The molecule has 0 saturated carbocycles. The molecule has 0 aliphatic heterocycles. The normalized spacial score (nSPS) is 10.2. The summed E-state index contributed by atoms with van der Waals surface area (Å²) in [5.41, 5.74) is -0.465. The van der Waals surface area contributed by atoms with Crippen molar-refractivity contribution in [2.24, 2.45) is 0 Å². The van der Waals surface area contributed by atoms with Crippen molar-refractivity contribution in [3.05, 3.63) is 46.0 Å². The van der Waals surface area contributed by atoms with Crippen LogP contribution in [0.3, 0.4) is 0 Å². The van der Waals surface area contributed by atoms with Crippen molar-refractivity contribution in [2.45, 2.75) is 6.92 Å². The van der Waals surface area contributed by atoms with Crippen LogP contribution in [0.5, 0.6) is 11.6 Å². The fourth-order valence-electron chi connectivity index (χ4n) is 1.57. The van der Waals surface area contributed by atoms with E-state index in [0.29, 0.717) is 11.6 Å². The van der Waals surface area contributed by atoms with Crippen LogP contribution in [0.25, 0.3) is 0 Å². The maximum atomic E-state index is 13.7. The van der Waals surface area contributed by atoms with E-state index in [0.717, 1.165) is 12.1 Å². The quantitative estimate of drug-likeness (QED) is 0.683. The van der Waals surface area contributed by atoms with Crippen LogP contribution in [0.4, 0.5) is 15.9 Å². The zero-order chi connectivity index (χ0) is 14.7. The Hall–Kier alpha value is -2.77. The maximum absolute atomic E-state index is 13.7. The highest BCUT2D eigenvalue weighted by Gasteiger charge is 2.21. The Balaban J connectivity index is 2.44. The second-order valence-corrected chi connectivity index (χ2v) is 3.84. The topological polar surface area (TPSA) is 90.2 Å². The van der Waals surface area contributed by atoms with E-state index in [1.165, 1.54) is 12.1 Å². The Bertz CT molecular complexity index is 663. The molecule has 1 aromatic heterocycles. The zero-order valence-corrected chi connectivity index (χ0v) is 10.8. The molecule has 1 aromatic carbocycles. The molecule has 0 aliphatic rings. The summed E-state index contributed by atoms with van der Waals surface area (Å²) in [4.78, 5) is 18.2. The minimum Gasteiger partial charge on any atom is -0.428 e. The molecule has 0 radical (unpaired) electrons. The van der Waals surface area contributed by atoms with Crippen molar-refractivity contribution in [1.82, 2.24) is 9.97 Å². The van der Waals surface area contributed by atoms with Crippen LogP contribution in [0.15, 0.2) is 24.3 Å². The summed E-state index contributed by atoms with van der Waals surface area (Å²) in [6, 6.07) is 4.90. The molecule has 0 fully saturated rings. The van der Waals surface area contributed by atoms with Gasteiger partial charge in [0.1, 0.15) is 11.6 Å². The molecule has 7 nitrogen and oxygen atoms in total. The van der Waals surface area contributed by atoms with E-state index < -0.39 is 22.2 Å². The molecule has 0 spiro atoms. The van der Waals surface area contributed by atoms with Crippen LogP contribution in [-0.2, 0) is 0 Å². The Morgan fingerprint density at radius 2 is 2.15 bits per heavy atom. The van der Waals surface area contributed by atoms with Gasteiger partial charge in [-0.15, -0.1) is 0 Å². The van der Waals surface area contributed by atoms with Gasteiger partial charge in [-0.1, -0.05) is 6.07 Å². The molecule has 0 bridgehead atoms. The zero-order valence-electron chi connectivity index (χ0n) is 10.8. The SMILES string of the molecule is CNc1cc(Oc2c(F)cccc2[N+](=O)[O-])nc(C)n1. The van der Waals surface area contributed by atoms with Gasteiger partial charge in [0.2, 0.25) is 11.6 Å². The molecule has 0 saturated heterocycles. The molecule has 0 aliphatic carbocycles. The van der Waals surface area contributed by atoms with Crippen molar-refractivity contribution in [3.8, 4) is 11.6 Å². The summed E-state index contributed by atoms with van der Waals surface area (Å²) in [7, 11) is 1.65. The number of nitrogens with zero attached hydrogens (tertiary/aromatic N) is 3. The standard InChI is InChI=1S/C12H11FN4O3/c1-7-15-10(14-2)6-11(16-7)20-12-8(13)4-3-5-9(12)17(18)19/h3-6H,1-2H3,(H,14,15,16). The molecule has 1 N–H and O–H groups in total. The van der Waals surface area contributed by atoms with Gasteiger partial charge in [-0.25, -0.2) is 9.37 Å². The highest BCUT2D eigenvalue weighted by molar-refractivity contribution is 5.49. The van der Waals surface area contributed by atoms with Crippen LogP contribution in [0.1, 0.15) is 5.82 Å². The van der Waals surface area contributed by atoms with Gasteiger partial charge in [-0.05, 0) is 13.0 Å². The molecule has 104 valence electrons. The first-order valence-corrected chi connectivity index (χ1v) is 5.65. The molecule has 2 aromatic rings. The van der Waals surface area contributed by atoms with Crippen molar-refractivity contribution in [1.29, 1.82) is 0 Å². The molecule has 0 atom stereocenters. The Morgan fingerprint density at radius 3 is 2.80 bits per heavy atom. The van der Waals surface area contributed by atoms with E-state index in [1.807, 2.05) is 0 Å². The van der Waals surface area contributed by atoms with Crippen LogP contribution < -0.4 is 10.1 Å². The predicted octanol–water partition coefficient (Wildman–Crippen LogP) is 2.67. The second-order valence-electron chi connectivity index (χ2n) is 3.84. The lowest BCUT2D eigenvalue weighted by atomic mass is 10.3. The van der Waals surface area contributed by atoms with Crippen LogP contribution in [0.2, 0.25) is 0 Å². The third-order valence-corrected chi connectivity index (χ3v) is 2.42. The predicted molar refractivity (Wildman–Crippen MR) is 69.4 cm³/mol. The van der Waals surface area contributed by atoms with Gasteiger partial charge in [0.25, 0.3) is 0 Å². The van der Waals surface area contributed by atoms with Crippen molar-refractivity contribution >= 4 is 11.5 Å². The lowest BCUT2D eigenvalue weighted by Gasteiger charge is -2.08. The van der Waals surface area contributed by atoms with Gasteiger partial charge in [0, 0.05) is 19.2 Å². The largest absolute Gasteiger partial charge is 0.428 e. The van der Waals surface area contributed by atoms with Crippen LogP contribution in [-0.4, -0.2) is 21.9 Å². The van der Waals surface area contributed by atoms with Gasteiger partial charge < -0.3 is 10.1 Å². The molecule has 8 heteroatoms. The maximum Gasteiger partial charge on any atom is 0.314 e. The summed E-state index contributed by atoms with van der Waals surface area (Å²) in [5, 5.41) is 13.7. The first kappa shape index (κ1) is 13.7. The lowest BCUT2D eigenvalue weighted by Crippen LogP contribution is -2.01. The molecule has 1 heterocycles. The third kappa shape index (κ3) is 2.79. The molecule has 20 heavy (non-hydrogen) atoms. The number of halogens is 1. The Kier molecular flexibility index (Phi) is 3.74. The Labute approximate surface area is 113 Å². The van der Waals surface area contributed by atoms with Crippen molar-refractivity contribution in [3.63, 3.8) is 0 Å². The number of hydrogen-bond donors (Lipinski definition) is 1. The smallest absolute Gasteiger partial charge is 0.314 e. The highest BCUT2D eigenvalue weighted by Crippen LogP contribution is 2.33. The van der Waals surface area contributed by atoms with E-state index in [-0.39, 0.29) is 5.88 Å². The number of aromatic nitrogens is 2. The summed E-state index contributed by atoms with van der Waals surface area (Å²) >= 11 is 0. The number of benzene rings is 1. The summed E-state index contributed by atoms with van der Waals surface area (Å²) in [6.07, 6.45) is 0. The van der Waals surface area contributed by atoms with E-state index in [1.54, 1.807) is 14.0 Å². The molecular formula is C12H11FN4O3. The fraction of sp³-hybridized carbons (Fsp3) is 0.167. The summed E-state index contributed by atoms with van der Waals surface area (Å²) in [6.45, 7) is 1.63. The van der Waals surface area contributed by atoms with E-state index in [4.69, 9.17) is 4.74 Å². The number of ether oxygens (including phenoxy) is 1. The van der Waals surface area contributed by atoms with E-state index in [2.05, 4.69) is 15.3 Å². The molecule has 2 rings (SSSR count). The monoisotopic (exact) mass is 278 g/mol. The lowest BCUT2D eigenvalue weighted by molar-refractivity contribution is -0.385. The van der Waals surface area contributed by atoms with Gasteiger partial charge in [-0.2, -0.15) is 4.98 Å². The second kappa shape index (κ2) is 5.47. The fourth-order valence-corrected chi connectivity index (χ4v) is 1.57. The number of nitrogens with one attached hydrogen (secondary N) is 1. The van der Waals surface area contributed by atoms with Gasteiger partial charge in [-0.3, -0.25) is 10.1 Å². The number of hydrogen-bond acceptors (Lipinski definition) is 6. The van der Waals surface area contributed by atoms with Gasteiger partial charge in [0.15, 0.2) is 5.82 Å². The van der Waals surface area contributed by atoms with Crippen LogP contribution >= 0.6 is 0 Å². The average molecular weight is 278 g/mol. The minimum absolute atomic E-state index is 0.0232. The van der Waals surface area contributed by atoms with Gasteiger partial charge in [0.05, 0.1) is 4.92 Å². The number of anilines is 1. The molecule has 0 amide bonds. The number of nitro groups is 1. The third-order valence-electron chi connectivity index (χ3n) is 2.42. The first-order valence-electron chi connectivity index (χ1n) is 5.65. The molecule has 0 unspecified atom stereocenters. The highest BCUT2D eigenvalue weighted by atomic mass is 19.1. The molecular weight excluding hydrogens is 267 g/mol. The van der Waals surface area contributed by atoms with E-state index in [9.17, 15) is 14.5 Å². The average Bonchev–Trinajstić information content (AvgIpc) is 2.40. The summed E-state index contributed by atoms with van der Waals surface area (Å²) < 4.78 is 18.9. The van der Waals surface area contributed by atoms with Crippen molar-refractivity contribution < 1.29 is 14.1 Å². The Morgan fingerprint density at radius 1 is 1.40 bits per heavy atom. The van der Waals surface area contributed by atoms with E-state index >= 15 is 0 Å². The number of rotatable bonds is 4. The van der Waals surface area contributed by atoms with Crippen molar-refractivity contribution in [2.75, 3.05) is 12.4 Å². The number of aryl methyl sites for hydroxylation is 1. The van der Waals surface area contributed by atoms with Crippen LogP contribution in [0, 0.1) is 22.9 Å². The minimum atomic E-state index is -0.832. The van der Waals surface area contributed by atoms with Gasteiger partial charge >= 0.3 is 5.69 Å². The number of para-hydroxylation sites is 1. The summed E-state index contributed by atoms with van der Waals surface area (Å²) in [5.74, 6) is -0.425. The first-order chi connectivity index (χ1) is 9.51. The number of nitro benzene ring substituents is 1.